The third-order valence-corrected chi connectivity index (χ3v) is 4.27. The molecule has 2 aromatic rings. The van der Waals surface area contributed by atoms with Crippen molar-refractivity contribution in [2.45, 2.75) is 32.1 Å². The third kappa shape index (κ3) is 3.64. The van der Waals surface area contributed by atoms with Gasteiger partial charge in [-0.3, -0.25) is 14.2 Å². The summed E-state index contributed by atoms with van der Waals surface area (Å²) in [5.41, 5.74) is 0.654. The fourth-order valence-corrected chi connectivity index (χ4v) is 3.16. The van der Waals surface area contributed by atoms with Crippen molar-refractivity contribution in [1.82, 2.24) is 24.2 Å². The van der Waals surface area contributed by atoms with E-state index in [0.717, 1.165) is 5.69 Å². The van der Waals surface area contributed by atoms with E-state index in [4.69, 9.17) is 0 Å². The molecule has 3 heterocycles. The minimum absolute atomic E-state index is 0.337. The summed E-state index contributed by atoms with van der Waals surface area (Å²) in [5.74, 6) is 0.635. The maximum atomic E-state index is 12.6. The Hall–Kier alpha value is -1.67. The fourth-order valence-electron chi connectivity index (χ4n) is 3.16. The standard InChI is InChI=1S/C15H20F3N5/c1-14(2)10-21(11-15(16,17)18)6-7-22(14)9-12-8-20-13-19-4-3-5-23(12)13/h3-5,8H,6-7,9-11H2,1-2H3. The summed E-state index contributed by atoms with van der Waals surface area (Å²) < 4.78 is 39.7. The lowest BCUT2D eigenvalue weighted by Crippen LogP contribution is -2.60. The summed E-state index contributed by atoms with van der Waals surface area (Å²) >= 11 is 0. The van der Waals surface area contributed by atoms with Crippen LogP contribution in [-0.2, 0) is 6.54 Å². The van der Waals surface area contributed by atoms with Crippen LogP contribution in [0.4, 0.5) is 13.2 Å². The van der Waals surface area contributed by atoms with Crippen LogP contribution in [0, 0.1) is 0 Å². The van der Waals surface area contributed by atoms with Gasteiger partial charge in [0, 0.05) is 44.1 Å². The number of hydrogen-bond donors (Lipinski definition) is 0. The van der Waals surface area contributed by atoms with Crippen LogP contribution >= 0.6 is 0 Å². The molecular weight excluding hydrogens is 307 g/mol. The number of alkyl halides is 3. The molecule has 0 aliphatic carbocycles. The van der Waals surface area contributed by atoms with E-state index in [1.54, 1.807) is 12.4 Å². The molecule has 0 N–H and O–H groups in total. The molecule has 0 radical (unpaired) electrons. The van der Waals surface area contributed by atoms with E-state index in [-0.39, 0.29) is 5.54 Å². The van der Waals surface area contributed by atoms with Gasteiger partial charge in [-0.15, -0.1) is 0 Å². The first kappa shape index (κ1) is 16.2. The van der Waals surface area contributed by atoms with Gasteiger partial charge >= 0.3 is 6.18 Å². The Morgan fingerprint density at radius 3 is 2.70 bits per heavy atom. The minimum atomic E-state index is -4.15. The van der Waals surface area contributed by atoms with Crippen LogP contribution in [0.1, 0.15) is 19.5 Å². The van der Waals surface area contributed by atoms with Crippen LogP contribution in [0.15, 0.2) is 24.7 Å². The second-order valence-electron chi connectivity index (χ2n) is 6.60. The van der Waals surface area contributed by atoms with Gasteiger partial charge in [-0.2, -0.15) is 13.2 Å². The number of nitrogens with zero attached hydrogens (tertiary/aromatic N) is 5. The summed E-state index contributed by atoms with van der Waals surface area (Å²) in [6.45, 7) is 5.16. The quantitative estimate of drug-likeness (QED) is 0.866. The largest absolute Gasteiger partial charge is 0.401 e. The average molecular weight is 327 g/mol. The number of fused-ring (bicyclic) bond motifs is 1. The lowest BCUT2D eigenvalue weighted by atomic mass is 9.98. The van der Waals surface area contributed by atoms with Gasteiger partial charge in [0.25, 0.3) is 0 Å². The van der Waals surface area contributed by atoms with E-state index in [9.17, 15) is 13.2 Å². The van der Waals surface area contributed by atoms with Crippen LogP contribution in [0.3, 0.4) is 0 Å². The molecular formula is C15H20F3N5. The van der Waals surface area contributed by atoms with Crippen LogP contribution < -0.4 is 0 Å². The summed E-state index contributed by atoms with van der Waals surface area (Å²) in [4.78, 5) is 12.1. The van der Waals surface area contributed by atoms with Crippen molar-refractivity contribution in [3.8, 4) is 0 Å². The lowest BCUT2D eigenvalue weighted by molar-refractivity contribution is -0.155. The Morgan fingerprint density at radius 2 is 2.00 bits per heavy atom. The molecule has 1 aliphatic rings. The van der Waals surface area contributed by atoms with Gasteiger partial charge < -0.3 is 0 Å². The van der Waals surface area contributed by atoms with E-state index in [1.165, 1.54) is 4.90 Å². The van der Waals surface area contributed by atoms with Crippen molar-refractivity contribution in [3.63, 3.8) is 0 Å². The Morgan fingerprint density at radius 1 is 1.22 bits per heavy atom. The normalized spacial score (nSPS) is 20.2. The zero-order valence-electron chi connectivity index (χ0n) is 13.2. The molecule has 0 atom stereocenters. The Labute approximate surface area is 132 Å². The first-order valence-electron chi connectivity index (χ1n) is 7.56. The lowest BCUT2D eigenvalue weighted by Gasteiger charge is -2.47. The first-order chi connectivity index (χ1) is 10.7. The van der Waals surface area contributed by atoms with E-state index >= 15 is 0 Å². The first-order valence-corrected chi connectivity index (χ1v) is 7.56. The van der Waals surface area contributed by atoms with E-state index in [2.05, 4.69) is 14.9 Å². The van der Waals surface area contributed by atoms with Gasteiger partial charge in [-0.1, -0.05) is 0 Å². The molecule has 8 heteroatoms. The highest BCUT2D eigenvalue weighted by Crippen LogP contribution is 2.26. The fraction of sp³-hybridized carbons (Fsp3) is 0.600. The molecule has 0 amide bonds. The molecule has 126 valence electrons. The van der Waals surface area contributed by atoms with E-state index in [0.29, 0.717) is 32.0 Å². The molecule has 0 aromatic carbocycles. The SMILES string of the molecule is CC1(C)CN(CC(F)(F)F)CCN1Cc1cnc2ncccn12. The van der Waals surface area contributed by atoms with Crippen LogP contribution in [0.2, 0.25) is 0 Å². The molecule has 1 fully saturated rings. The van der Waals surface area contributed by atoms with Gasteiger partial charge in [0.15, 0.2) is 0 Å². The molecule has 0 unspecified atom stereocenters. The van der Waals surface area contributed by atoms with Gasteiger partial charge in [-0.25, -0.2) is 9.97 Å². The van der Waals surface area contributed by atoms with Gasteiger partial charge in [-0.05, 0) is 19.9 Å². The average Bonchev–Trinajstić information content (AvgIpc) is 2.83. The van der Waals surface area contributed by atoms with Crippen LogP contribution in [0.25, 0.3) is 5.78 Å². The van der Waals surface area contributed by atoms with Crippen molar-refractivity contribution in [1.29, 1.82) is 0 Å². The predicted molar refractivity (Wildman–Crippen MR) is 80.0 cm³/mol. The predicted octanol–water partition coefficient (Wildman–Crippen LogP) is 2.19. The number of halogens is 3. The summed E-state index contributed by atoms with van der Waals surface area (Å²) in [5, 5.41) is 0. The molecule has 5 nitrogen and oxygen atoms in total. The molecule has 0 bridgehead atoms. The number of imidazole rings is 1. The number of rotatable bonds is 3. The summed E-state index contributed by atoms with van der Waals surface area (Å²) in [6, 6.07) is 1.84. The van der Waals surface area contributed by atoms with Crippen LogP contribution in [0.5, 0.6) is 0 Å². The smallest absolute Gasteiger partial charge is 0.292 e. The van der Waals surface area contributed by atoms with Crippen molar-refractivity contribution >= 4 is 5.78 Å². The molecule has 3 rings (SSSR count). The summed E-state index contributed by atoms with van der Waals surface area (Å²) in [7, 11) is 0. The van der Waals surface area contributed by atoms with E-state index < -0.39 is 12.7 Å². The number of piperazine rings is 1. The summed E-state index contributed by atoms with van der Waals surface area (Å²) in [6.07, 6.45) is 1.22. The molecule has 23 heavy (non-hydrogen) atoms. The number of aromatic nitrogens is 3. The molecule has 0 spiro atoms. The second kappa shape index (κ2) is 5.76. The highest BCUT2D eigenvalue weighted by Gasteiger charge is 2.38. The maximum absolute atomic E-state index is 12.6. The Kier molecular flexibility index (Phi) is 4.05. The minimum Gasteiger partial charge on any atom is -0.292 e. The highest BCUT2D eigenvalue weighted by molar-refractivity contribution is 5.30. The van der Waals surface area contributed by atoms with Gasteiger partial charge in [0.05, 0.1) is 18.4 Å². The van der Waals surface area contributed by atoms with Crippen molar-refractivity contribution in [3.05, 3.63) is 30.4 Å². The Balaban J connectivity index is 1.72. The van der Waals surface area contributed by atoms with E-state index in [1.807, 2.05) is 30.5 Å². The maximum Gasteiger partial charge on any atom is 0.401 e. The van der Waals surface area contributed by atoms with Gasteiger partial charge in [0.1, 0.15) is 0 Å². The second-order valence-corrected chi connectivity index (χ2v) is 6.60. The zero-order valence-corrected chi connectivity index (χ0v) is 13.2. The van der Waals surface area contributed by atoms with Gasteiger partial charge in [0.2, 0.25) is 5.78 Å². The third-order valence-electron chi connectivity index (χ3n) is 4.27. The van der Waals surface area contributed by atoms with Crippen molar-refractivity contribution in [2.24, 2.45) is 0 Å². The topological polar surface area (TPSA) is 36.7 Å². The van der Waals surface area contributed by atoms with Crippen molar-refractivity contribution in [2.75, 3.05) is 26.2 Å². The molecule has 2 aromatic heterocycles. The van der Waals surface area contributed by atoms with Crippen LogP contribution in [-0.4, -0.2) is 62.1 Å². The monoisotopic (exact) mass is 327 g/mol. The Bertz CT molecular complexity index is 679. The molecule has 1 aliphatic heterocycles. The zero-order chi connectivity index (χ0) is 16.7. The van der Waals surface area contributed by atoms with Crippen molar-refractivity contribution < 1.29 is 13.2 Å². The molecule has 0 saturated carbocycles. The number of hydrogen-bond acceptors (Lipinski definition) is 4. The molecule has 1 saturated heterocycles. The highest BCUT2D eigenvalue weighted by atomic mass is 19.4.